The summed E-state index contributed by atoms with van der Waals surface area (Å²) >= 11 is 0. The van der Waals surface area contributed by atoms with Gasteiger partial charge in [-0.3, -0.25) is 0 Å². The lowest BCUT2D eigenvalue weighted by molar-refractivity contribution is 0.906. The van der Waals surface area contributed by atoms with Crippen LogP contribution in [0.4, 0.5) is 0 Å². The molecule has 0 aliphatic heterocycles. The van der Waals surface area contributed by atoms with Crippen LogP contribution >= 0.6 is 0 Å². The zero-order valence-electron chi connectivity index (χ0n) is 8.04. The normalized spacial score (nSPS) is 10.7. The Bertz CT molecular complexity index is 584. The van der Waals surface area contributed by atoms with Crippen molar-refractivity contribution in [3.8, 4) is 11.3 Å². The van der Waals surface area contributed by atoms with E-state index < -0.39 is 0 Å². The summed E-state index contributed by atoms with van der Waals surface area (Å²) in [6.45, 7) is 0. The van der Waals surface area contributed by atoms with Gasteiger partial charge in [-0.25, -0.2) is 9.50 Å². The first-order valence-corrected chi connectivity index (χ1v) is 4.79. The fraction of sp³-hybridized carbons (Fsp3) is 0. The van der Waals surface area contributed by atoms with E-state index in [0.717, 1.165) is 16.8 Å². The van der Waals surface area contributed by atoms with E-state index >= 15 is 0 Å². The third-order valence-corrected chi connectivity index (χ3v) is 2.38. The lowest BCUT2D eigenvalue weighted by atomic mass is 10.1. The molecule has 0 radical (unpaired) electrons. The Labute approximate surface area is 87.0 Å². The standard InChI is InChI=1S/C12H9N3/c1-2-5-10(6-3-1)12-11-7-4-8-15(11)14-9-13-12/h1-9H. The lowest BCUT2D eigenvalue weighted by Crippen LogP contribution is -1.94. The van der Waals surface area contributed by atoms with Crippen molar-refractivity contribution in [2.75, 3.05) is 0 Å². The van der Waals surface area contributed by atoms with Gasteiger partial charge >= 0.3 is 0 Å². The van der Waals surface area contributed by atoms with Gasteiger partial charge in [0.1, 0.15) is 6.33 Å². The molecule has 0 spiro atoms. The highest BCUT2D eigenvalue weighted by Crippen LogP contribution is 2.20. The molecule has 0 atom stereocenters. The molecule has 3 rings (SSSR count). The van der Waals surface area contributed by atoms with Crippen LogP contribution in [0.3, 0.4) is 0 Å². The Hall–Kier alpha value is -2.16. The van der Waals surface area contributed by atoms with Crippen LogP contribution in [0.25, 0.3) is 16.8 Å². The highest BCUT2D eigenvalue weighted by molar-refractivity contribution is 5.76. The Kier molecular flexibility index (Phi) is 1.75. The largest absolute Gasteiger partial charge is 0.237 e. The minimum Gasteiger partial charge on any atom is -0.237 e. The van der Waals surface area contributed by atoms with Crippen LogP contribution in [0.15, 0.2) is 55.0 Å². The SMILES string of the molecule is c1ccc(-c2ncnn3cccc23)cc1. The second-order valence-corrected chi connectivity index (χ2v) is 3.31. The van der Waals surface area contributed by atoms with E-state index in [1.165, 1.54) is 0 Å². The molecule has 3 aromatic rings. The molecule has 0 saturated carbocycles. The monoisotopic (exact) mass is 195 g/mol. The molecule has 3 nitrogen and oxygen atoms in total. The Morgan fingerprint density at radius 2 is 1.80 bits per heavy atom. The highest BCUT2D eigenvalue weighted by Gasteiger charge is 2.04. The number of hydrogen-bond acceptors (Lipinski definition) is 2. The Balaban J connectivity index is 2.31. The van der Waals surface area contributed by atoms with E-state index in [1.807, 2.05) is 41.0 Å². The Morgan fingerprint density at radius 1 is 0.933 bits per heavy atom. The van der Waals surface area contributed by atoms with E-state index in [2.05, 4.69) is 22.2 Å². The molecule has 0 N–H and O–H groups in total. The average Bonchev–Trinajstić information content (AvgIpc) is 2.78. The van der Waals surface area contributed by atoms with Crippen molar-refractivity contribution in [3.63, 3.8) is 0 Å². The summed E-state index contributed by atoms with van der Waals surface area (Å²) in [5.74, 6) is 0. The van der Waals surface area contributed by atoms with Gasteiger partial charge in [0, 0.05) is 11.8 Å². The Morgan fingerprint density at radius 3 is 2.67 bits per heavy atom. The number of benzene rings is 1. The van der Waals surface area contributed by atoms with Gasteiger partial charge in [-0.2, -0.15) is 5.10 Å². The molecule has 0 amide bonds. The summed E-state index contributed by atoms with van der Waals surface area (Å²) in [6, 6.07) is 14.1. The maximum Gasteiger partial charge on any atom is 0.137 e. The molecule has 0 saturated heterocycles. The minimum atomic E-state index is 0.968. The topological polar surface area (TPSA) is 30.2 Å². The van der Waals surface area contributed by atoms with E-state index in [1.54, 1.807) is 6.33 Å². The van der Waals surface area contributed by atoms with Crippen molar-refractivity contribution < 1.29 is 0 Å². The molecule has 1 aromatic carbocycles. The molecule has 0 unspecified atom stereocenters. The van der Waals surface area contributed by atoms with Gasteiger partial charge in [0.25, 0.3) is 0 Å². The first-order valence-electron chi connectivity index (χ1n) is 4.79. The summed E-state index contributed by atoms with van der Waals surface area (Å²) in [6.07, 6.45) is 3.50. The molecular weight excluding hydrogens is 186 g/mol. The van der Waals surface area contributed by atoms with E-state index in [4.69, 9.17) is 0 Å². The number of rotatable bonds is 1. The number of aromatic nitrogens is 3. The maximum absolute atomic E-state index is 4.32. The predicted molar refractivity (Wildman–Crippen MR) is 58.4 cm³/mol. The average molecular weight is 195 g/mol. The number of hydrogen-bond donors (Lipinski definition) is 0. The van der Waals surface area contributed by atoms with Crippen LogP contribution in [0.1, 0.15) is 0 Å². The van der Waals surface area contributed by atoms with Crippen molar-refractivity contribution in [2.24, 2.45) is 0 Å². The molecule has 0 aliphatic carbocycles. The van der Waals surface area contributed by atoms with Crippen molar-refractivity contribution in [2.45, 2.75) is 0 Å². The fourth-order valence-corrected chi connectivity index (χ4v) is 1.68. The van der Waals surface area contributed by atoms with Crippen molar-refractivity contribution in [3.05, 3.63) is 55.0 Å². The molecule has 0 bridgehead atoms. The zero-order chi connectivity index (χ0) is 10.1. The van der Waals surface area contributed by atoms with Crippen LogP contribution < -0.4 is 0 Å². The highest BCUT2D eigenvalue weighted by atomic mass is 15.2. The molecule has 72 valence electrons. The molecule has 3 heteroatoms. The van der Waals surface area contributed by atoms with Crippen molar-refractivity contribution in [1.29, 1.82) is 0 Å². The first-order chi connectivity index (χ1) is 7.45. The van der Waals surface area contributed by atoms with Crippen molar-refractivity contribution in [1.82, 2.24) is 14.6 Å². The zero-order valence-corrected chi connectivity index (χ0v) is 8.04. The quantitative estimate of drug-likeness (QED) is 0.596. The van der Waals surface area contributed by atoms with Gasteiger partial charge in [0.15, 0.2) is 0 Å². The first kappa shape index (κ1) is 8.17. The summed E-state index contributed by atoms with van der Waals surface area (Å²) in [7, 11) is 0. The minimum absolute atomic E-state index is 0.968. The van der Waals surface area contributed by atoms with Crippen LogP contribution in [-0.4, -0.2) is 14.6 Å². The van der Waals surface area contributed by atoms with Gasteiger partial charge in [-0.15, -0.1) is 0 Å². The number of fused-ring (bicyclic) bond motifs is 1. The fourth-order valence-electron chi connectivity index (χ4n) is 1.68. The van der Waals surface area contributed by atoms with E-state index in [-0.39, 0.29) is 0 Å². The molecular formula is C12H9N3. The molecule has 15 heavy (non-hydrogen) atoms. The van der Waals surface area contributed by atoms with Gasteiger partial charge in [0.05, 0.1) is 11.2 Å². The molecule has 2 aromatic heterocycles. The molecule has 2 heterocycles. The van der Waals surface area contributed by atoms with Gasteiger partial charge in [0.2, 0.25) is 0 Å². The van der Waals surface area contributed by atoms with Gasteiger partial charge in [-0.1, -0.05) is 30.3 Å². The second-order valence-electron chi connectivity index (χ2n) is 3.31. The van der Waals surface area contributed by atoms with Crippen LogP contribution in [0.5, 0.6) is 0 Å². The van der Waals surface area contributed by atoms with Crippen LogP contribution in [0.2, 0.25) is 0 Å². The number of nitrogens with zero attached hydrogens (tertiary/aromatic N) is 3. The molecule has 0 fully saturated rings. The van der Waals surface area contributed by atoms with Gasteiger partial charge < -0.3 is 0 Å². The van der Waals surface area contributed by atoms with Gasteiger partial charge in [-0.05, 0) is 12.1 Å². The summed E-state index contributed by atoms with van der Waals surface area (Å²) in [5, 5.41) is 4.13. The summed E-state index contributed by atoms with van der Waals surface area (Å²) in [5.41, 5.74) is 3.11. The van der Waals surface area contributed by atoms with E-state index in [9.17, 15) is 0 Å². The summed E-state index contributed by atoms with van der Waals surface area (Å²) < 4.78 is 1.83. The predicted octanol–water partition coefficient (Wildman–Crippen LogP) is 2.40. The van der Waals surface area contributed by atoms with E-state index in [0.29, 0.717) is 0 Å². The smallest absolute Gasteiger partial charge is 0.137 e. The third-order valence-electron chi connectivity index (χ3n) is 2.38. The lowest BCUT2D eigenvalue weighted by Gasteiger charge is -2.02. The molecule has 0 aliphatic rings. The second kappa shape index (κ2) is 3.20. The summed E-state index contributed by atoms with van der Waals surface area (Å²) in [4.78, 5) is 4.32. The van der Waals surface area contributed by atoms with Crippen LogP contribution in [0, 0.1) is 0 Å². The van der Waals surface area contributed by atoms with Crippen LogP contribution in [-0.2, 0) is 0 Å². The van der Waals surface area contributed by atoms with Crippen molar-refractivity contribution >= 4 is 5.52 Å². The maximum atomic E-state index is 4.32. The third kappa shape index (κ3) is 1.29.